The third-order valence-corrected chi connectivity index (χ3v) is 1.46. The van der Waals surface area contributed by atoms with Crippen molar-refractivity contribution < 1.29 is 13.9 Å². The summed E-state index contributed by atoms with van der Waals surface area (Å²) in [6, 6.07) is 0. The first kappa shape index (κ1) is 11.7. The summed E-state index contributed by atoms with van der Waals surface area (Å²) >= 11 is 5.69. The first-order valence-electron chi connectivity index (χ1n) is 3.54. The average molecular weight is 195 g/mol. The molecule has 0 saturated heterocycles. The molecule has 0 aliphatic rings. The molecule has 0 saturated carbocycles. The normalized spacial score (nSPS) is 16.2. The monoisotopic (exact) mass is 195 g/mol. The van der Waals surface area contributed by atoms with Crippen LogP contribution in [0.5, 0.6) is 0 Å². The van der Waals surface area contributed by atoms with Gasteiger partial charge in [0, 0.05) is 13.0 Å². The molecule has 70 valence electrons. The second-order valence-corrected chi connectivity index (χ2v) is 2.86. The van der Waals surface area contributed by atoms with Gasteiger partial charge in [-0.15, -0.1) is 11.6 Å². The lowest BCUT2D eigenvalue weighted by molar-refractivity contribution is 0.210. The molecular weight excluding hydrogens is 183 g/mol. The molecule has 0 N–H and O–H groups in total. The van der Waals surface area contributed by atoms with Crippen LogP contribution in [0.3, 0.4) is 0 Å². The molecule has 0 amide bonds. The van der Waals surface area contributed by atoms with E-state index in [1.54, 1.807) is 0 Å². The van der Waals surface area contributed by atoms with E-state index in [4.69, 9.17) is 16.3 Å². The van der Waals surface area contributed by atoms with Gasteiger partial charge in [-0.25, -0.2) is 4.39 Å². The summed E-state index contributed by atoms with van der Waals surface area (Å²) in [6.45, 7) is 0.336. The third kappa shape index (κ3) is 6.43. The van der Waals surface area contributed by atoms with E-state index in [0.29, 0.717) is 6.61 Å². The smallest absolute Gasteiger partial charge is 0.257 e. The van der Waals surface area contributed by atoms with Crippen LogP contribution in [0.15, 0.2) is 5.16 Å². The fraction of sp³-hybridized carbons (Fsp3) is 0.833. The minimum absolute atomic E-state index is 0.183. The zero-order valence-electron chi connectivity index (χ0n) is 7.17. The molecule has 0 aromatic heterocycles. The Bertz CT molecular complexity index is 139. The molecule has 0 aliphatic heterocycles. The topological polar surface area (TPSA) is 30.8 Å². The third-order valence-electron chi connectivity index (χ3n) is 1.16. The SMILES string of the molecule is BOC[C@H](Cl)C[C@H](F)/C=N\OC. The van der Waals surface area contributed by atoms with Crippen molar-refractivity contribution in [2.45, 2.75) is 18.0 Å². The predicted octanol–water partition coefficient (Wildman–Crippen LogP) is 0.519. The van der Waals surface area contributed by atoms with Crippen LogP contribution in [0.2, 0.25) is 0 Å². The summed E-state index contributed by atoms with van der Waals surface area (Å²) in [5.41, 5.74) is 0. The molecule has 0 fully saturated rings. The van der Waals surface area contributed by atoms with Gasteiger partial charge in [-0.2, -0.15) is 0 Å². The zero-order chi connectivity index (χ0) is 9.40. The maximum absolute atomic E-state index is 12.8. The first-order valence-corrected chi connectivity index (χ1v) is 3.98. The van der Waals surface area contributed by atoms with Gasteiger partial charge in [0.05, 0.1) is 11.6 Å². The van der Waals surface area contributed by atoms with Gasteiger partial charge in [-0.05, 0) is 0 Å². The number of halogens is 2. The molecule has 2 atom stereocenters. The van der Waals surface area contributed by atoms with Crippen LogP contribution >= 0.6 is 11.6 Å². The Hall–Kier alpha value is -0.285. The van der Waals surface area contributed by atoms with Crippen LogP contribution in [-0.4, -0.2) is 39.5 Å². The average Bonchev–Trinajstić information content (AvgIpc) is 2.01. The molecule has 0 aromatic rings. The minimum atomic E-state index is -1.18. The van der Waals surface area contributed by atoms with E-state index in [-0.39, 0.29) is 11.8 Å². The van der Waals surface area contributed by atoms with Crippen LogP contribution in [0.25, 0.3) is 0 Å². The van der Waals surface area contributed by atoms with E-state index in [2.05, 4.69) is 9.99 Å². The fourth-order valence-electron chi connectivity index (χ4n) is 0.681. The van der Waals surface area contributed by atoms with Crippen LogP contribution in [-0.2, 0) is 9.49 Å². The molecule has 0 aromatic carbocycles. The van der Waals surface area contributed by atoms with Crippen molar-refractivity contribution in [3.8, 4) is 0 Å². The number of rotatable bonds is 6. The lowest BCUT2D eigenvalue weighted by atomic mass is 10.2. The van der Waals surface area contributed by atoms with Crippen LogP contribution in [0, 0.1) is 0 Å². The van der Waals surface area contributed by atoms with Gasteiger partial charge in [0.2, 0.25) is 0 Å². The highest BCUT2D eigenvalue weighted by molar-refractivity contribution is 6.21. The largest absolute Gasteiger partial charge is 0.442 e. The lowest BCUT2D eigenvalue weighted by Crippen LogP contribution is -2.15. The molecule has 12 heavy (non-hydrogen) atoms. The molecule has 3 nitrogen and oxygen atoms in total. The summed E-state index contributed by atoms with van der Waals surface area (Å²) in [5, 5.41) is 2.96. The first-order chi connectivity index (χ1) is 5.70. The van der Waals surface area contributed by atoms with Gasteiger partial charge in [0.1, 0.15) is 13.3 Å². The maximum atomic E-state index is 12.8. The van der Waals surface area contributed by atoms with Crippen molar-refractivity contribution in [1.29, 1.82) is 0 Å². The van der Waals surface area contributed by atoms with Gasteiger partial charge >= 0.3 is 0 Å². The molecule has 0 rings (SSSR count). The van der Waals surface area contributed by atoms with Crippen molar-refractivity contribution in [1.82, 2.24) is 0 Å². The van der Waals surface area contributed by atoms with Crippen molar-refractivity contribution in [3.63, 3.8) is 0 Å². The summed E-state index contributed by atoms with van der Waals surface area (Å²) in [6.07, 6.45) is 0.0791. The summed E-state index contributed by atoms with van der Waals surface area (Å²) < 4.78 is 17.5. The van der Waals surface area contributed by atoms with Gasteiger partial charge < -0.3 is 9.49 Å². The standard InChI is InChI=1S/C6H12BClFNO2/c1-11-10-3-6(9)2-5(8)4-12-7/h3,5-6H,2,4,7H2,1H3/b10-3-/t5-,6+/m1/s1. The molecule has 0 unspecified atom stereocenters. The molecule has 0 radical (unpaired) electrons. The van der Waals surface area contributed by atoms with E-state index in [9.17, 15) is 4.39 Å². The number of oxime groups is 1. The highest BCUT2D eigenvalue weighted by atomic mass is 35.5. The zero-order valence-corrected chi connectivity index (χ0v) is 7.92. The minimum Gasteiger partial charge on any atom is -0.442 e. The van der Waals surface area contributed by atoms with Gasteiger partial charge in [-0.3, -0.25) is 0 Å². The van der Waals surface area contributed by atoms with E-state index in [1.807, 2.05) is 0 Å². The van der Waals surface area contributed by atoms with Crippen molar-refractivity contribution in [3.05, 3.63) is 0 Å². The Morgan fingerprint density at radius 2 is 2.42 bits per heavy atom. The molecular formula is C6H12BClFNO2. The molecule has 0 heterocycles. The van der Waals surface area contributed by atoms with E-state index < -0.39 is 6.17 Å². The van der Waals surface area contributed by atoms with Crippen molar-refractivity contribution >= 4 is 25.9 Å². The summed E-state index contributed by atoms with van der Waals surface area (Å²) in [7, 11) is 2.88. The highest BCUT2D eigenvalue weighted by Crippen LogP contribution is 2.07. The van der Waals surface area contributed by atoms with E-state index in [0.717, 1.165) is 6.21 Å². The molecule has 6 heteroatoms. The van der Waals surface area contributed by atoms with E-state index in [1.165, 1.54) is 15.2 Å². The molecule has 0 bridgehead atoms. The maximum Gasteiger partial charge on any atom is 0.257 e. The highest BCUT2D eigenvalue weighted by Gasteiger charge is 2.11. The van der Waals surface area contributed by atoms with Gasteiger partial charge in [0.15, 0.2) is 0 Å². The van der Waals surface area contributed by atoms with Crippen LogP contribution < -0.4 is 0 Å². The Morgan fingerprint density at radius 1 is 1.75 bits per heavy atom. The number of alkyl halides is 2. The molecule has 0 aliphatic carbocycles. The predicted molar refractivity (Wildman–Crippen MR) is 49.2 cm³/mol. The van der Waals surface area contributed by atoms with Crippen LogP contribution in [0.4, 0.5) is 4.39 Å². The Morgan fingerprint density at radius 3 is 2.92 bits per heavy atom. The quantitative estimate of drug-likeness (QED) is 0.268. The van der Waals surface area contributed by atoms with Gasteiger partial charge in [-0.1, -0.05) is 5.16 Å². The fourth-order valence-corrected chi connectivity index (χ4v) is 0.977. The van der Waals surface area contributed by atoms with Crippen LogP contribution in [0.1, 0.15) is 6.42 Å². The summed E-state index contributed by atoms with van der Waals surface area (Å²) in [4.78, 5) is 4.31. The number of nitrogens with zero attached hydrogens (tertiary/aromatic N) is 1. The Labute approximate surface area is 77.3 Å². The van der Waals surface area contributed by atoms with Crippen molar-refractivity contribution in [2.24, 2.45) is 5.16 Å². The second-order valence-electron chi connectivity index (χ2n) is 2.24. The number of hydrogen-bond donors (Lipinski definition) is 0. The molecule has 0 spiro atoms. The lowest BCUT2D eigenvalue weighted by Gasteiger charge is -2.08. The van der Waals surface area contributed by atoms with E-state index >= 15 is 0 Å². The Balaban J connectivity index is 3.53. The number of hydrogen-bond acceptors (Lipinski definition) is 3. The summed E-state index contributed by atoms with van der Waals surface area (Å²) in [5.74, 6) is 0. The van der Waals surface area contributed by atoms with Gasteiger partial charge in [0.25, 0.3) is 8.05 Å². The van der Waals surface area contributed by atoms with Crippen molar-refractivity contribution in [2.75, 3.05) is 13.7 Å². The Kier molecular flexibility index (Phi) is 7.19. The second kappa shape index (κ2) is 7.37.